The van der Waals surface area contributed by atoms with Crippen molar-refractivity contribution in [2.45, 2.75) is 46.2 Å². The first-order valence-electron chi connectivity index (χ1n) is 8.08. The maximum Gasteiger partial charge on any atom is 0.131 e. The zero-order valence-electron chi connectivity index (χ0n) is 14.1. The van der Waals surface area contributed by atoms with Gasteiger partial charge in [0.05, 0.1) is 12.3 Å². The second kappa shape index (κ2) is 7.27. The number of methoxy groups -OCH3 is 1. The van der Waals surface area contributed by atoms with Crippen LogP contribution in [0.25, 0.3) is 0 Å². The first kappa shape index (κ1) is 16.3. The third-order valence-electron chi connectivity index (χ3n) is 4.47. The second-order valence-electron chi connectivity index (χ2n) is 6.06. The van der Waals surface area contributed by atoms with Crippen LogP contribution in [0.3, 0.4) is 0 Å². The number of rotatable bonds is 9. The summed E-state index contributed by atoms with van der Waals surface area (Å²) >= 11 is 0. The minimum Gasteiger partial charge on any atom is -0.383 e. The molecule has 1 N–H and O–H groups in total. The Morgan fingerprint density at radius 1 is 1.48 bits per heavy atom. The van der Waals surface area contributed by atoms with E-state index >= 15 is 0 Å². The summed E-state index contributed by atoms with van der Waals surface area (Å²) in [5.74, 6) is 2.08. The van der Waals surface area contributed by atoms with Gasteiger partial charge in [-0.15, -0.1) is 0 Å². The third-order valence-corrected chi connectivity index (χ3v) is 4.47. The summed E-state index contributed by atoms with van der Waals surface area (Å²) in [4.78, 5) is 2.49. The number of ether oxygens (including phenoxy) is 1. The molecule has 2 rings (SSSR count). The van der Waals surface area contributed by atoms with Crippen molar-refractivity contribution in [2.24, 2.45) is 13.0 Å². The summed E-state index contributed by atoms with van der Waals surface area (Å²) < 4.78 is 7.36. The van der Waals surface area contributed by atoms with Crippen LogP contribution in [0.5, 0.6) is 0 Å². The maximum absolute atomic E-state index is 5.32. The molecule has 1 fully saturated rings. The topological polar surface area (TPSA) is 42.3 Å². The first-order chi connectivity index (χ1) is 10.1. The van der Waals surface area contributed by atoms with Crippen molar-refractivity contribution in [1.82, 2.24) is 15.1 Å². The number of hydrogen-bond donors (Lipinski definition) is 1. The van der Waals surface area contributed by atoms with Crippen molar-refractivity contribution in [2.75, 3.05) is 31.7 Å². The van der Waals surface area contributed by atoms with Gasteiger partial charge in [0, 0.05) is 38.9 Å². The number of hydrogen-bond acceptors (Lipinski definition) is 4. The first-order valence-corrected chi connectivity index (χ1v) is 8.08. The number of nitrogens with zero attached hydrogens (tertiary/aromatic N) is 3. The maximum atomic E-state index is 5.32. The smallest absolute Gasteiger partial charge is 0.131 e. The van der Waals surface area contributed by atoms with Crippen molar-refractivity contribution in [3.8, 4) is 0 Å². The van der Waals surface area contributed by atoms with Gasteiger partial charge in [0.1, 0.15) is 5.82 Å². The highest BCUT2D eigenvalue weighted by molar-refractivity contribution is 5.51. The summed E-state index contributed by atoms with van der Waals surface area (Å²) in [7, 11) is 3.82. The standard InChI is InChI=1S/C16H30N4O/c1-6-17-11-15-12(2)18-19(4)16(15)20(9-10-21-5)13(3)14-7-8-14/h13-14,17H,6-11H2,1-5H3. The van der Waals surface area contributed by atoms with Gasteiger partial charge in [-0.1, -0.05) is 6.92 Å². The van der Waals surface area contributed by atoms with Crippen molar-refractivity contribution in [3.63, 3.8) is 0 Å². The van der Waals surface area contributed by atoms with Crippen LogP contribution in [-0.2, 0) is 18.3 Å². The lowest BCUT2D eigenvalue weighted by Gasteiger charge is -2.32. The van der Waals surface area contributed by atoms with Crippen LogP contribution in [-0.4, -0.2) is 42.6 Å². The van der Waals surface area contributed by atoms with E-state index in [0.717, 1.165) is 37.9 Å². The molecule has 21 heavy (non-hydrogen) atoms. The number of nitrogens with one attached hydrogen (secondary N) is 1. The molecule has 0 radical (unpaired) electrons. The van der Waals surface area contributed by atoms with Crippen LogP contribution in [0.2, 0.25) is 0 Å². The Balaban J connectivity index is 2.28. The van der Waals surface area contributed by atoms with Crippen LogP contribution in [0.4, 0.5) is 5.82 Å². The van der Waals surface area contributed by atoms with Gasteiger partial charge in [0.15, 0.2) is 0 Å². The molecule has 0 aliphatic heterocycles. The van der Waals surface area contributed by atoms with E-state index in [-0.39, 0.29) is 0 Å². The molecule has 0 spiro atoms. The summed E-state index contributed by atoms with van der Waals surface area (Å²) in [6.45, 7) is 10.1. The minimum absolute atomic E-state index is 0.551. The normalized spacial score (nSPS) is 16.2. The molecule has 120 valence electrons. The molecular formula is C16H30N4O. The van der Waals surface area contributed by atoms with Crippen LogP contribution in [0, 0.1) is 12.8 Å². The monoisotopic (exact) mass is 294 g/mol. The van der Waals surface area contributed by atoms with Gasteiger partial charge >= 0.3 is 0 Å². The van der Waals surface area contributed by atoms with E-state index < -0.39 is 0 Å². The van der Waals surface area contributed by atoms with Gasteiger partial charge < -0.3 is 15.0 Å². The Kier molecular flexibility index (Phi) is 5.65. The van der Waals surface area contributed by atoms with Crippen LogP contribution in [0.15, 0.2) is 0 Å². The van der Waals surface area contributed by atoms with E-state index in [0.29, 0.717) is 6.04 Å². The predicted molar refractivity (Wildman–Crippen MR) is 86.7 cm³/mol. The predicted octanol–water partition coefficient (Wildman–Crippen LogP) is 2.09. The van der Waals surface area contributed by atoms with E-state index in [2.05, 4.69) is 43.1 Å². The van der Waals surface area contributed by atoms with Crippen LogP contribution < -0.4 is 10.2 Å². The molecule has 1 saturated carbocycles. The molecular weight excluding hydrogens is 264 g/mol. The average Bonchev–Trinajstić information content (AvgIpc) is 3.25. The molecule has 1 heterocycles. The molecule has 1 aliphatic carbocycles. The fourth-order valence-corrected chi connectivity index (χ4v) is 3.03. The van der Waals surface area contributed by atoms with Gasteiger partial charge in [-0.2, -0.15) is 5.10 Å². The molecule has 1 aliphatic rings. The molecule has 0 amide bonds. The Hall–Kier alpha value is -1.07. The molecule has 1 unspecified atom stereocenters. The highest BCUT2D eigenvalue weighted by Gasteiger charge is 2.34. The van der Waals surface area contributed by atoms with Gasteiger partial charge in [0.2, 0.25) is 0 Å². The lowest BCUT2D eigenvalue weighted by atomic mass is 10.1. The molecule has 1 atom stereocenters. The van der Waals surface area contributed by atoms with E-state index in [9.17, 15) is 0 Å². The van der Waals surface area contributed by atoms with Gasteiger partial charge in [-0.25, -0.2) is 0 Å². The number of aryl methyl sites for hydroxylation is 2. The van der Waals surface area contributed by atoms with E-state index in [1.54, 1.807) is 7.11 Å². The highest BCUT2D eigenvalue weighted by Crippen LogP contribution is 2.38. The van der Waals surface area contributed by atoms with E-state index in [4.69, 9.17) is 4.74 Å². The molecule has 1 aromatic heterocycles. The zero-order chi connectivity index (χ0) is 15.4. The van der Waals surface area contributed by atoms with Crippen LogP contribution in [0.1, 0.15) is 37.9 Å². The summed E-state index contributed by atoms with van der Waals surface area (Å²) in [5.41, 5.74) is 2.45. The molecule has 0 aromatic carbocycles. The molecule has 1 aromatic rings. The van der Waals surface area contributed by atoms with Crippen LogP contribution >= 0.6 is 0 Å². The zero-order valence-corrected chi connectivity index (χ0v) is 14.1. The van der Waals surface area contributed by atoms with Crippen molar-refractivity contribution >= 4 is 5.82 Å². The van der Waals surface area contributed by atoms with Crippen molar-refractivity contribution in [1.29, 1.82) is 0 Å². The summed E-state index contributed by atoms with van der Waals surface area (Å²) in [6, 6.07) is 0.551. The third kappa shape index (κ3) is 3.77. The average molecular weight is 294 g/mol. The summed E-state index contributed by atoms with van der Waals surface area (Å²) in [5, 5.41) is 8.09. The minimum atomic E-state index is 0.551. The van der Waals surface area contributed by atoms with E-state index in [1.807, 2.05) is 4.68 Å². The second-order valence-corrected chi connectivity index (χ2v) is 6.06. The van der Waals surface area contributed by atoms with Gasteiger partial charge in [0.25, 0.3) is 0 Å². The Morgan fingerprint density at radius 3 is 2.76 bits per heavy atom. The SMILES string of the molecule is CCNCc1c(C)nn(C)c1N(CCOC)C(C)C1CC1. The van der Waals surface area contributed by atoms with Crippen molar-refractivity contribution in [3.05, 3.63) is 11.3 Å². The number of aromatic nitrogens is 2. The highest BCUT2D eigenvalue weighted by atomic mass is 16.5. The fraction of sp³-hybridized carbons (Fsp3) is 0.812. The Labute approximate surface area is 128 Å². The Bertz CT molecular complexity index is 453. The van der Waals surface area contributed by atoms with Gasteiger partial charge in [-0.3, -0.25) is 4.68 Å². The van der Waals surface area contributed by atoms with E-state index in [1.165, 1.54) is 24.2 Å². The van der Waals surface area contributed by atoms with Gasteiger partial charge in [-0.05, 0) is 39.2 Å². The Morgan fingerprint density at radius 2 is 2.19 bits per heavy atom. The largest absolute Gasteiger partial charge is 0.383 e. The lowest BCUT2D eigenvalue weighted by molar-refractivity contribution is 0.202. The molecule has 0 bridgehead atoms. The molecule has 5 nitrogen and oxygen atoms in total. The molecule has 0 saturated heterocycles. The molecule has 5 heteroatoms. The summed E-state index contributed by atoms with van der Waals surface area (Å²) in [6.07, 6.45) is 2.70. The number of anilines is 1. The fourth-order valence-electron chi connectivity index (χ4n) is 3.03. The quantitative estimate of drug-likeness (QED) is 0.757. The van der Waals surface area contributed by atoms with Crippen molar-refractivity contribution < 1.29 is 4.74 Å². The lowest BCUT2D eigenvalue weighted by Crippen LogP contribution is -2.39.